The SMILES string of the molecule is CCN(C(=O)[C@H]1CN(C(=O)OC(C)(C)C)CC[C@@H]1c1cccc(-c2ccc(O)cc2)c1)c1ccc2c(c1)N(CCCOC)C(O)CO2. The predicted octanol–water partition coefficient (Wildman–Crippen LogP) is 6.01. The number of carbonyl (C=O) groups excluding carboxylic acids is 2. The van der Waals surface area contributed by atoms with Crippen molar-refractivity contribution in [2.75, 3.05) is 56.3 Å². The number of hydrogen-bond acceptors (Lipinski definition) is 8. The molecule has 2 amide bonds. The van der Waals surface area contributed by atoms with Crippen molar-refractivity contribution in [3.8, 4) is 22.6 Å². The van der Waals surface area contributed by atoms with E-state index in [1.807, 2.05) is 81.1 Å². The number of ether oxygens (including phenoxy) is 3. The number of piperidine rings is 1. The average Bonchev–Trinajstić information content (AvgIpc) is 3.05. The van der Waals surface area contributed by atoms with E-state index in [1.165, 1.54) is 0 Å². The standard InChI is InChI=1S/C37H47N3O7/c1-6-39(28-13-16-33-32(22-28)40(18-8-20-45-5)34(42)24-46-33)35(43)31-23-38(36(44)47-37(2,3)4)19-17-30(31)27-10-7-9-26(21-27)25-11-14-29(41)15-12-25/h7,9-16,21-22,30-31,34,41-42H,6,8,17-20,23-24H2,1-5H3/t30-,31+,34?/m1/s1. The maximum atomic E-state index is 14.7. The van der Waals surface area contributed by atoms with Crippen molar-refractivity contribution < 1.29 is 34.0 Å². The normalized spacial score (nSPS) is 19.5. The molecular formula is C37H47N3O7. The first kappa shape index (κ1) is 34.1. The van der Waals surface area contributed by atoms with Gasteiger partial charge in [0.2, 0.25) is 5.91 Å². The lowest BCUT2D eigenvalue weighted by Gasteiger charge is -2.41. The third-order valence-electron chi connectivity index (χ3n) is 8.74. The number of rotatable bonds is 9. The Morgan fingerprint density at radius 3 is 2.51 bits per heavy atom. The van der Waals surface area contributed by atoms with Crippen molar-refractivity contribution in [2.45, 2.75) is 58.3 Å². The third-order valence-corrected chi connectivity index (χ3v) is 8.74. The van der Waals surface area contributed by atoms with Crippen LogP contribution in [0.25, 0.3) is 11.1 Å². The van der Waals surface area contributed by atoms with Crippen LogP contribution in [-0.2, 0) is 14.3 Å². The second-order valence-corrected chi connectivity index (χ2v) is 13.2. The molecule has 2 aliphatic rings. The van der Waals surface area contributed by atoms with Crippen LogP contribution in [0.1, 0.15) is 52.0 Å². The van der Waals surface area contributed by atoms with Crippen LogP contribution in [0.4, 0.5) is 16.2 Å². The quantitative estimate of drug-likeness (QED) is 0.273. The number of aliphatic hydroxyl groups excluding tert-OH is 1. The molecule has 0 spiro atoms. The van der Waals surface area contributed by atoms with Gasteiger partial charge in [0, 0.05) is 45.6 Å². The monoisotopic (exact) mass is 645 g/mol. The van der Waals surface area contributed by atoms with Crippen LogP contribution in [0, 0.1) is 5.92 Å². The molecule has 10 nitrogen and oxygen atoms in total. The summed E-state index contributed by atoms with van der Waals surface area (Å²) in [7, 11) is 1.65. The Morgan fingerprint density at radius 2 is 1.81 bits per heavy atom. The summed E-state index contributed by atoms with van der Waals surface area (Å²) in [6, 6.07) is 20.8. The number of aromatic hydroxyl groups is 1. The molecule has 2 N–H and O–H groups in total. The van der Waals surface area contributed by atoms with E-state index in [4.69, 9.17) is 14.2 Å². The van der Waals surface area contributed by atoms with Gasteiger partial charge in [0.1, 0.15) is 23.7 Å². The van der Waals surface area contributed by atoms with Gasteiger partial charge in [-0.25, -0.2) is 4.79 Å². The number of carbonyl (C=O) groups is 2. The Kier molecular flexibility index (Phi) is 10.6. The number of benzene rings is 3. The molecule has 252 valence electrons. The van der Waals surface area contributed by atoms with E-state index in [0.29, 0.717) is 44.1 Å². The van der Waals surface area contributed by atoms with E-state index in [0.717, 1.165) is 28.8 Å². The zero-order chi connectivity index (χ0) is 33.7. The number of nitrogens with zero attached hydrogens (tertiary/aromatic N) is 3. The smallest absolute Gasteiger partial charge is 0.410 e. The minimum absolute atomic E-state index is 0.0936. The minimum Gasteiger partial charge on any atom is -0.508 e. The second kappa shape index (κ2) is 14.6. The number of fused-ring (bicyclic) bond motifs is 1. The van der Waals surface area contributed by atoms with Gasteiger partial charge in [-0.2, -0.15) is 0 Å². The fraction of sp³-hybridized carbons (Fsp3) is 0.459. The average molecular weight is 646 g/mol. The summed E-state index contributed by atoms with van der Waals surface area (Å²) in [5.41, 5.74) is 3.71. The van der Waals surface area contributed by atoms with Crippen molar-refractivity contribution in [3.05, 3.63) is 72.3 Å². The number of phenolic OH excluding ortho intramolecular Hbond substituents is 1. The molecule has 0 saturated carbocycles. The Hall–Kier alpha value is -4.28. The van der Waals surface area contributed by atoms with E-state index in [-0.39, 0.29) is 30.7 Å². The number of methoxy groups -OCH3 is 1. The van der Waals surface area contributed by atoms with Gasteiger partial charge in [-0.3, -0.25) is 4.79 Å². The molecular weight excluding hydrogens is 598 g/mol. The molecule has 3 atom stereocenters. The lowest BCUT2D eigenvalue weighted by atomic mass is 9.79. The number of hydrogen-bond donors (Lipinski definition) is 2. The maximum Gasteiger partial charge on any atom is 0.410 e. The highest BCUT2D eigenvalue weighted by atomic mass is 16.6. The predicted molar refractivity (Wildman–Crippen MR) is 182 cm³/mol. The van der Waals surface area contributed by atoms with Crippen molar-refractivity contribution in [2.24, 2.45) is 5.92 Å². The molecule has 1 saturated heterocycles. The van der Waals surface area contributed by atoms with Crippen molar-refractivity contribution in [3.63, 3.8) is 0 Å². The lowest BCUT2D eigenvalue weighted by Crippen LogP contribution is -2.51. The summed E-state index contributed by atoms with van der Waals surface area (Å²) in [4.78, 5) is 33.2. The molecule has 10 heteroatoms. The van der Waals surface area contributed by atoms with Gasteiger partial charge in [-0.05, 0) is 93.5 Å². The molecule has 0 aliphatic carbocycles. The molecule has 47 heavy (non-hydrogen) atoms. The minimum atomic E-state index is -0.814. The molecule has 0 aromatic heterocycles. The second-order valence-electron chi connectivity index (χ2n) is 13.2. The molecule has 0 radical (unpaired) electrons. The molecule has 0 bridgehead atoms. The van der Waals surface area contributed by atoms with Crippen molar-refractivity contribution in [1.29, 1.82) is 0 Å². The van der Waals surface area contributed by atoms with Crippen molar-refractivity contribution >= 4 is 23.4 Å². The first-order chi connectivity index (χ1) is 22.5. The third kappa shape index (κ3) is 8.00. The van der Waals surface area contributed by atoms with Crippen LogP contribution in [0.2, 0.25) is 0 Å². The van der Waals surface area contributed by atoms with Crippen LogP contribution >= 0.6 is 0 Å². The molecule has 5 rings (SSSR count). The van der Waals surface area contributed by atoms with Gasteiger partial charge in [0.15, 0.2) is 6.23 Å². The van der Waals surface area contributed by atoms with Gasteiger partial charge < -0.3 is 39.1 Å². The fourth-order valence-electron chi connectivity index (χ4n) is 6.45. The van der Waals surface area contributed by atoms with Gasteiger partial charge in [-0.15, -0.1) is 0 Å². The number of aliphatic hydroxyl groups is 1. The van der Waals surface area contributed by atoms with E-state index < -0.39 is 23.8 Å². The van der Waals surface area contributed by atoms with Crippen molar-refractivity contribution in [1.82, 2.24) is 4.90 Å². The Balaban J connectivity index is 1.48. The molecule has 1 unspecified atom stereocenters. The lowest BCUT2D eigenvalue weighted by molar-refractivity contribution is -0.124. The maximum absolute atomic E-state index is 14.7. The van der Waals surface area contributed by atoms with Crippen LogP contribution in [-0.4, -0.2) is 85.4 Å². The first-order valence-corrected chi connectivity index (χ1v) is 16.4. The Morgan fingerprint density at radius 1 is 1.04 bits per heavy atom. The zero-order valence-corrected chi connectivity index (χ0v) is 28.0. The molecule has 2 aliphatic heterocycles. The van der Waals surface area contributed by atoms with E-state index >= 15 is 0 Å². The zero-order valence-electron chi connectivity index (χ0n) is 28.0. The van der Waals surface area contributed by atoms with E-state index in [2.05, 4.69) is 6.07 Å². The molecule has 1 fully saturated rings. The number of phenols is 1. The molecule has 2 heterocycles. The van der Waals surface area contributed by atoms with Gasteiger partial charge in [0.25, 0.3) is 0 Å². The number of amides is 2. The number of likely N-dealkylation sites (tertiary alicyclic amines) is 1. The topological polar surface area (TPSA) is 112 Å². The highest BCUT2D eigenvalue weighted by Gasteiger charge is 2.40. The van der Waals surface area contributed by atoms with Crippen LogP contribution < -0.4 is 14.5 Å². The fourth-order valence-corrected chi connectivity index (χ4v) is 6.45. The first-order valence-electron chi connectivity index (χ1n) is 16.4. The van der Waals surface area contributed by atoms with Crippen LogP contribution in [0.3, 0.4) is 0 Å². The summed E-state index contributed by atoms with van der Waals surface area (Å²) >= 11 is 0. The molecule has 3 aromatic rings. The summed E-state index contributed by atoms with van der Waals surface area (Å²) in [5.74, 6) is 0.0651. The highest BCUT2D eigenvalue weighted by molar-refractivity contribution is 5.97. The summed E-state index contributed by atoms with van der Waals surface area (Å²) in [6.07, 6.45) is 0.0674. The largest absolute Gasteiger partial charge is 0.508 e. The van der Waals surface area contributed by atoms with Gasteiger partial charge in [-0.1, -0.05) is 36.4 Å². The Labute approximate surface area is 277 Å². The van der Waals surface area contributed by atoms with E-state index in [9.17, 15) is 19.8 Å². The molecule has 3 aromatic carbocycles. The highest BCUT2D eigenvalue weighted by Crippen LogP contribution is 2.40. The van der Waals surface area contributed by atoms with Gasteiger partial charge >= 0.3 is 6.09 Å². The van der Waals surface area contributed by atoms with E-state index in [1.54, 1.807) is 29.0 Å². The van der Waals surface area contributed by atoms with Gasteiger partial charge in [0.05, 0.1) is 11.6 Å². The number of anilines is 2. The van der Waals surface area contributed by atoms with Crippen LogP contribution in [0.5, 0.6) is 11.5 Å². The summed E-state index contributed by atoms with van der Waals surface area (Å²) in [5, 5.41) is 20.6. The van der Waals surface area contributed by atoms with Crippen LogP contribution in [0.15, 0.2) is 66.7 Å². The Bertz CT molecular complexity index is 1540. The summed E-state index contributed by atoms with van der Waals surface area (Å²) < 4.78 is 16.8. The summed E-state index contributed by atoms with van der Waals surface area (Å²) in [6.45, 7) is 9.82.